The molecular formula is C11H12Cl2N2O. The largest absolute Gasteiger partial charge is 0.494 e. The van der Waals surface area contributed by atoms with E-state index in [-0.39, 0.29) is 0 Å². The van der Waals surface area contributed by atoms with Crippen molar-refractivity contribution in [3.8, 4) is 5.75 Å². The fraction of sp³-hybridized carbons (Fsp3) is 0.364. The number of ether oxygens (including phenoxy) is 1. The van der Waals surface area contributed by atoms with Gasteiger partial charge in [0.15, 0.2) is 5.75 Å². The minimum Gasteiger partial charge on any atom is -0.494 e. The van der Waals surface area contributed by atoms with E-state index in [0.29, 0.717) is 15.8 Å². The van der Waals surface area contributed by atoms with Crippen molar-refractivity contribution in [2.45, 2.75) is 0 Å². The Morgan fingerprint density at radius 1 is 1.31 bits per heavy atom. The van der Waals surface area contributed by atoms with Crippen LogP contribution < -0.4 is 4.74 Å². The standard InChI is InChI=1S/C11H12Cl2N2O/c1-15-4-3-14-11(15)7-5-8(12)10(16-2)9(13)6-7/h5-6H,3-4H2,1-2H3. The highest BCUT2D eigenvalue weighted by atomic mass is 35.5. The highest BCUT2D eigenvalue weighted by Gasteiger charge is 2.17. The van der Waals surface area contributed by atoms with Crippen LogP contribution in [-0.2, 0) is 0 Å². The first-order valence-corrected chi connectivity index (χ1v) is 5.68. The minimum atomic E-state index is 0.507. The van der Waals surface area contributed by atoms with E-state index in [9.17, 15) is 0 Å². The van der Waals surface area contributed by atoms with Crippen LogP contribution in [0.1, 0.15) is 5.56 Å². The maximum atomic E-state index is 6.08. The number of halogens is 2. The van der Waals surface area contributed by atoms with Gasteiger partial charge in [0.05, 0.1) is 23.7 Å². The number of hydrogen-bond donors (Lipinski definition) is 0. The van der Waals surface area contributed by atoms with Crippen molar-refractivity contribution in [1.29, 1.82) is 0 Å². The van der Waals surface area contributed by atoms with E-state index in [0.717, 1.165) is 24.5 Å². The van der Waals surface area contributed by atoms with Gasteiger partial charge in [0.25, 0.3) is 0 Å². The van der Waals surface area contributed by atoms with Crippen molar-refractivity contribution in [2.24, 2.45) is 4.99 Å². The van der Waals surface area contributed by atoms with Crippen molar-refractivity contribution < 1.29 is 4.74 Å². The normalized spacial score (nSPS) is 15.2. The van der Waals surface area contributed by atoms with Crippen molar-refractivity contribution in [3.63, 3.8) is 0 Å². The Kier molecular flexibility index (Phi) is 3.26. The summed E-state index contributed by atoms with van der Waals surface area (Å²) in [7, 11) is 3.55. The summed E-state index contributed by atoms with van der Waals surface area (Å²) in [6.45, 7) is 1.74. The highest BCUT2D eigenvalue weighted by Crippen LogP contribution is 2.34. The molecule has 0 radical (unpaired) electrons. The van der Waals surface area contributed by atoms with Crippen LogP contribution >= 0.6 is 23.2 Å². The highest BCUT2D eigenvalue weighted by molar-refractivity contribution is 6.37. The smallest absolute Gasteiger partial charge is 0.156 e. The predicted octanol–water partition coefficient (Wildman–Crippen LogP) is 2.69. The molecule has 1 heterocycles. The molecule has 2 rings (SSSR count). The second-order valence-corrected chi connectivity index (χ2v) is 4.41. The Morgan fingerprint density at radius 2 is 1.94 bits per heavy atom. The van der Waals surface area contributed by atoms with E-state index in [2.05, 4.69) is 9.89 Å². The molecule has 0 aliphatic carbocycles. The van der Waals surface area contributed by atoms with Crippen LogP contribution in [0.4, 0.5) is 0 Å². The topological polar surface area (TPSA) is 24.8 Å². The van der Waals surface area contributed by atoms with E-state index < -0.39 is 0 Å². The van der Waals surface area contributed by atoms with Gasteiger partial charge in [-0.2, -0.15) is 0 Å². The molecule has 0 saturated carbocycles. The van der Waals surface area contributed by atoms with Gasteiger partial charge in [-0.15, -0.1) is 0 Å². The van der Waals surface area contributed by atoms with Gasteiger partial charge in [-0.25, -0.2) is 0 Å². The first-order chi connectivity index (χ1) is 7.63. The fourth-order valence-electron chi connectivity index (χ4n) is 1.73. The number of methoxy groups -OCH3 is 1. The summed E-state index contributed by atoms with van der Waals surface area (Å²) in [4.78, 5) is 6.49. The van der Waals surface area contributed by atoms with Crippen molar-refractivity contribution >= 4 is 29.0 Å². The zero-order valence-electron chi connectivity index (χ0n) is 9.13. The van der Waals surface area contributed by atoms with E-state index in [1.807, 2.05) is 19.2 Å². The summed E-state index contributed by atoms with van der Waals surface area (Å²) in [5, 5.41) is 1.01. The zero-order chi connectivity index (χ0) is 11.7. The Bertz CT molecular complexity index is 423. The third-order valence-electron chi connectivity index (χ3n) is 2.52. The Morgan fingerprint density at radius 3 is 2.38 bits per heavy atom. The van der Waals surface area contributed by atoms with Crippen LogP contribution in [0.5, 0.6) is 5.75 Å². The van der Waals surface area contributed by atoms with E-state index in [1.165, 1.54) is 0 Å². The second-order valence-electron chi connectivity index (χ2n) is 3.60. The molecule has 3 nitrogen and oxygen atoms in total. The molecule has 1 aromatic rings. The molecule has 0 saturated heterocycles. The summed E-state index contributed by atoms with van der Waals surface area (Å²) in [6, 6.07) is 3.65. The lowest BCUT2D eigenvalue weighted by Crippen LogP contribution is -2.23. The lowest BCUT2D eigenvalue weighted by molar-refractivity contribution is 0.415. The van der Waals surface area contributed by atoms with Gasteiger partial charge in [0.2, 0.25) is 0 Å². The molecule has 5 heteroatoms. The van der Waals surface area contributed by atoms with Crippen molar-refractivity contribution in [3.05, 3.63) is 27.7 Å². The average Bonchev–Trinajstić information content (AvgIpc) is 2.64. The Hall–Kier alpha value is -0.930. The van der Waals surface area contributed by atoms with Gasteiger partial charge in [-0.3, -0.25) is 4.99 Å². The molecule has 0 unspecified atom stereocenters. The third-order valence-corrected chi connectivity index (χ3v) is 3.08. The summed E-state index contributed by atoms with van der Waals surface area (Å²) in [5.41, 5.74) is 0.927. The molecule has 86 valence electrons. The molecular weight excluding hydrogens is 247 g/mol. The van der Waals surface area contributed by atoms with Crippen LogP contribution in [0.2, 0.25) is 10.0 Å². The van der Waals surface area contributed by atoms with Gasteiger partial charge in [-0.1, -0.05) is 23.2 Å². The van der Waals surface area contributed by atoms with Gasteiger partial charge in [0, 0.05) is 19.2 Å². The Balaban J connectivity index is 2.44. The van der Waals surface area contributed by atoms with Crippen LogP contribution in [-0.4, -0.2) is 38.0 Å². The number of likely N-dealkylation sites (N-methyl/N-ethyl adjacent to an activating group) is 1. The first kappa shape index (κ1) is 11.6. The van der Waals surface area contributed by atoms with Crippen LogP contribution in [0.25, 0.3) is 0 Å². The quantitative estimate of drug-likeness (QED) is 0.815. The van der Waals surface area contributed by atoms with Gasteiger partial charge in [0.1, 0.15) is 5.84 Å². The first-order valence-electron chi connectivity index (χ1n) is 4.92. The minimum absolute atomic E-state index is 0.507. The third kappa shape index (κ3) is 1.97. The molecule has 0 N–H and O–H groups in total. The van der Waals surface area contributed by atoms with E-state index >= 15 is 0 Å². The van der Waals surface area contributed by atoms with Crippen LogP contribution in [0.15, 0.2) is 17.1 Å². The van der Waals surface area contributed by atoms with Crippen molar-refractivity contribution in [1.82, 2.24) is 4.90 Å². The molecule has 0 fully saturated rings. The van der Waals surface area contributed by atoms with Gasteiger partial charge in [-0.05, 0) is 12.1 Å². The molecule has 0 amide bonds. The molecule has 0 aromatic heterocycles. The lowest BCUT2D eigenvalue weighted by atomic mass is 10.2. The fourth-order valence-corrected chi connectivity index (χ4v) is 2.37. The number of aliphatic imine (C=N–C) groups is 1. The number of nitrogens with zero attached hydrogens (tertiary/aromatic N) is 2. The van der Waals surface area contributed by atoms with Crippen molar-refractivity contribution in [2.75, 3.05) is 27.2 Å². The molecule has 0 atom stereocenters. The maximum absolute atomic E-state index is 6.08. The predicted molar refractivity (Wildman–Crippen MR) is 67.0 cm³/mol. The summed E-state index contributed by atoms with van der Waals surface area (Å²) < 4.78 is 5.10. The monoisotopic (exact) mass is 258 g/mol. The second kappa shape index (κ2) is 4.52. The molecule has 1 aliphatic rings. The number of amidine groups is 1. The molecule has 0 bridgehead atoms. The molecule has 0 spiro atoms. The average molecular weight is 259 g/mol. The summed E-state index contributed by atoms with van der Waals surface area (Å²) in [5.74, 6) is 1.43. The summed E-state index contributed by atoms with van der Waals surface area (Å²) >= 11 is 12.2. The molecule has 16 heavy (non-hydrogen) atoms. The zero-order valence-corrected chi connectivity index (χ0v) is 10.6. The lowest BCUT2D eigenvalue weighted by Gasteiger charge is -2.15. The van der Waals surface area contributed by atoms with Gasteiger partial charge < -0.3 is 9.64 Å². The number of hydrogen-bond acceptors (Lipinski definition) is 3. The summed E-state index contributed by atoms with van der Waals surface area (Å²) in [6.07, 6.45) is 0. The SMILES string of the molecule is COc1c(Cl)cc(C2=NCCN2C)cc1Cl. The van der Waals surface area contributed by atoms with Gasteiger partial charge >= 0.3 is 0 Å². The van der Waals surface area contributed by atoms with E-state index in [1.54, 1.807) is 7.11 Å². The molecule has 1 aromatic carbocycles. The maximum Gasteiger partial charge on any atom is 0.156 e. The van der Waals surface area contributed by atoms with E-state index in [4.69, 9.17) is 27.9 Å². The van der Waals surface area contributed by atoms with Crippen LogP contribution in [0, 0.1) is 0 Å². The molecule has 1 aliphatic heterocycles. The Labute approximate surface area is 105 Å². The number of benzene rings is 1. The number of rotatable bonds is 2. The van der Waals surface area contributed by atoms with Crippen LogP contribution in [0.3, 0.4) is 0 Å².